The molecule has 192 valence electrons. The molecule has 2 amide bonds. The van der Waals surface area contributed by atoms with Gasteiger partial charge in [-0.2, -0.15) is 0 Å². The van der Waals surface area contributed by atoms with Gasteiger partial charge in [0, 0.05) is 22.6 Å². The van der Waals surface area contributed by atoms with Crippen molar-refractivity contribution in [2.24, 2.45) is 0 Å². The molecule has 0 heterocycles. The van der Waals surface area contributed by atoms with Crippen LogP contribution in [-0.4, -0.2) is 57.1 Å². The van der Waals surface area contributed by atoms with Crippen molar-refractivity contribution in [3.05, 3.63) is 58.1 Å². The summed E-state index contributed by atoms with van der Waals surface area (Å²) >= 11 is 12.3. The Balaban J connectivity index is 2.46. The van der Waals surface area contributed by atoms with E-state index >= 15 is 0 Å². The third-order valence-corrected chi connectivity index (χ3v) is 7.27. The summed E-state index contributed by atoms with van der Waals surface area (Å²) < 4.78 is 31.6. The second-order valence-corrected chi connectivity index (χ2v) is 10.9. The molecule has 0 spiro atoms. The lowest BCUT2D eigenvalue weighted by Crippen LogP contribution is -2.52. The summed E-state index contributed by atoms with van der Waals surface area (Å²) in [5.41, 5.74) is 0.780. The van der Waals surface area contributed by atoms with E-state index in [-0.39, 0.29) is 24.2 Å². The van der Waals surface area contributed by atoms with Gasteiger partial charge in [-0.05, 0) is 50.1 Å². The summed E-state index contributed by atoms with van der Waals surface area (Å²) in [6.07, 6.45) is 1.72. The van der Waals surface area contributed by atoms with Crippen LogP contribution in [0.15, 0.2) is 42.5 Å². The molecule has 8 nitrogen and oxygen atoms in total. The van der Waals surface area contributed by atoms with Gasteiger partial charge < -0.3 is 15.0 Å². The molecule has 2 aromatic carbocycles. The summed E-state index contributed by atoms with van der Waals surface area (Å²) in [5.74, 6) is -0.652. The SMILES string of the molecule is CCC(C)NC(=O)C(C)N(Cc1ccc(Cl)cc1Cl)C(=O)CN(c1ccccc1OC)S(C)(=O)=O. The minimum absolute atomic E-state index is 0.0204. The Morgan fingerprint density at radius 2 is 1.77 bits per heavy atom. The summed E-state index contributed by atoms with van der Waals surface area (Å²) in [6, 6.07) is 10.3. The van der Waals surface area contributed by atoms with Crippen LogP contribution in [0.25, 0.3) is 0 Å². The molecule has 0 saturated carbocycles. The molecule has 0 fully saturated rings. The van der Waals surface area contributed by atoms with Crippen LogP contribution in [0, 0.1) is 0 Å². The Labute approximate surface area is 217 Å². The molecule has 35 heavy (non-hydrogen) atoms. The van der Waals surface area contributed by atoms with E-state index in [1.165, 1.54) is 12.0 Å². The molecule has 2 rings (SSSR count). The maximum absolute atomic E-state index is 13.6. The van der Waals surface area contributed by atoms with Crippen LogP contribution in [0.3, 0.4) is 0 Å². The summed E-state index contributed by atoms with van der Waals surface area (Å²) in [5, 5.41) is 3.63. The number of nitrogens with one attached hydrogen (secondary N) is 1. The Hall–Kier alpha value is -2.49. The number of amides is 2. The number of halogens is 2. The minimum Gasteiger partial charge on any atom is -0.495 e. The number of hydrogen-bond donors (Lipinski definition) is 1. The zero-order chi connectivity index (χ0) is 26.3. The maximum atomic E-state index is 13.6. The fourth-order valence-corrected chi connectivity index (χ4v) is 4.63. The Kier molecular flexibility index (Phi) is 10.2. The van der Waals surface area contributed by atoms with E-state index in [0.717, 1.165) is 10.6 Å². The summed E-state index contributed by atoms with van der Waals surface area (Å²) in [4.78, 5) is 27.8. The van der Waals surface area contributed by atoms with Crippen molar-refractivity contribution in [2.45, 2.75) is 45.8 Å². The normalized spacial score (nSPS) is 13.0. The smallest absolute Gasteiger partial charge is 0.244 e. The first-order valence-corrected chi connectivity index (χ1v) is 13.6. The Morgan fingerprint density at radius 3 is 2.34 bits per heavy atom. The van der Waals surface area contributed by atoms with Gasteiger partial charge in [-0.3, -0.25) is 13.9 Å². The first-order chi connectivity index (χ1) is 16.4. The monoisotopic (exact) mass is 543 g/mol. The quantitative estimate of drug-likeness (QED) is 0.460. The number of methoxy groups -OCH3 is 1. The van der Waals surface area contributed by atoms with Gasteiger partial charge in [-0.15, -0.1) is 0 Å². The molecule has 1 N–H and O–H groups in total. The highest BCUT2D eigenvalue weighted by Crippen LogP contribution is 2.30. The fraction of sp³-hybridized carbons (Fsp3) is 0.417. The van der Waals surface area contributed by atoms with Gasteiger partial charge in [0.15, 0.2) is 0 Å². The first kappa shape index (κ1) is 28.7. The third-order valence-electron chi connectivity index (χ3n) is 5.56. The van der Waals surface area contributed by atoms with E-state index in [4.69, 9.17) is 27.9 Å². The highest BCUT2D eigenvalue weighted by molar-refractivity contribution is 7.92. The molecule has 0 bridgehead atoms. The first-order valence-electron chi connectivity index (χ1n) is 11.0. The summed E-state index contributed by atoms with van der Waals surface area (Å²) in [6.45, 7) is 4.83. The standard InChI is InChI=1S/C24H31Cl2N3O5S/c1-6-16(2)27-24(31)17(3)28(14-18-11-12-19(25)13-20(18)26)23(30)15-29(35(5,32)33)21-9-7-8-10-22(21)34-4/h7-13,16-17H,6,14-15H2,1-5H3,(H,27,31). The molecule has 11 heteroatoms. The number of rotatable bonds is 11. The highest BCUT2D eigenvalue weighted by Gasteiger charge is 2.31. The van der Waals surface area contributed by atoms with E-state index < -0.39 is 28.5 Å². The number of nitrogens with zero attached hydrogens (tertiary/aromatic N) is 2. The van der Waals surface area contributed by atoms with Crippen molar-refractivity contribution in [1.82, 2.24) is 10.2 Å². The van der Waals surface area contributed by atoms with Crippen molar-refractivity contribution in [3.63, 3.8) is 0 Å². The van der Waals surface area contributed by atoms with Gasteiger partial charge in [0.25, 0.3) is 0 Å². The predicted molar refractivity (Wildman–Crippen MR) is 140 cm³/mol. The molecule has 0 aliphatic heterocycles. The molecular weight excluding hydrogens is 513 g/mol. The van der Waals surface area contributed by atoms with Crippen LogP contribution in [0.4, 0.5) is 5.69 Å². The second-order valence-electron chi connectivity index (χ2n) is 8.19. The molecule has 0 aromatic heterocycles. The average Bonchev–Trinajstić information content (AvgIpc) is 2.80. The van der Waals surface area contributed by atoms with Gasteiger partial charge in [0.2, 0.25) is 21.8 Å². The van der Waals surface area contributed by atoms with Crippen LogP contribution in [0.1, 0.15) is 32.8 Å². The molecule has 0 saturated heterocycles. The minimum atomic E-state index is -3.87. The number of sulfonamides is 1. The number of carbonyl (C=O) groups is 2. The second kappa shape index (κ2) is 12.5. The van der Waals surface area contributed by atoms with Crippen LogP contribution < -0.4 is 14.4 Å². The highest BCUT2D eigenvalue weighted by atomic mass is 35.5. The van der Waals surface area contributed by atoms with Crippen molar-refractivity contribution < 1.29 is 22.7 Å². The number of ether oxygens (including phenoxy) is 1. The van der Waals surface area contributed by atoms with Gasteiger partial charge in [0.05, 0.1) is 19.1 Å². The van der Waals surface area contributed by atoms with Crippen molar-refractivity contribution >= 4 is 50.7 Å². The molecular formula is C24H31Cl2N3O5S. The van der Waals surface area contributed by atoms with Crippen LogP contribution in [-0.2, 0) is 26.2 Å². The lowest BCUT2D eigenvalue weighted by molar-refractivity contribution is -0.139. The lowest BCUT2D eigenvalue weighted by Gasteiger charge is -2.32. The topological polar surface area (TPSA) is 96.0 Å². The van der Waals surface area contributed by atoms with Gasteiger partial charge in [-0.1, -0.05) is 48.3 Å². The zero-order valence-electron chi connectivity index (χ0n) is 20.4. The number of benzene rings is 2. The average molecular weight is 545 g/mol. The molecule has 0 aliphatic carbocycles. The summed E-state index contributed by atoms with van der Waals surface area (Å²) in [7, 11) is -2.46. The van der Waals surface area contributed by atoms with Crippen LogP contribution in [0.2, 0.25) is 10.0 Å². The van der Waals surface area contributed by atoms with E-state index in [1.54, 1.807) is 49.4 Å². The van der Waals surface area contributed by atoms with Gasteiger partial charge in [0.1, 0.15) is 18.3 Å². The zero-order valence-corrected chi connectivity index (χ0v) is 22.7. The van der Waals surface area contributed by atoms with Crippen LogP contribution >= 0.6 is 23.2 Å². The maximum Gasteiger partial charge on any atom is 0.244 e. The fourth-order valence-electron chi connectivity index (χ4n) is 3.31. The van der Waals surface area contributed by atoms with Crippen molar-refractivity contribution in [3.8, 4) is 5.75 Å². The van der Waals surface area contributed by atoms with E-state index in [1.807, 2.05) is 13.8 Å². The third kappa shape index (κ3) is 7.75. The lowest BCUT2D eigenvalue weighted by atomic mass is 10.1. The predicted octanol–water partition coefficient (Wildman–Crippen LogP) is 4.10. The van der Waals surface area contributed by atoms with E-state index in [2.05, 4.69) is 5.32 Å². The molecule has 0 aliphatic rings. The number of carbonyl (C=O) groups excluding carboxylic acids is 2. The largest absolute Gasteiger partial charge is 0.495 e. The number of anilines is 1. The molecule has 0 radical (unpaired) electrons. The van der Waals surface area contributed by atoms with Gasteiger partial charge >= 0.3 is 0 Å². The van der Waals surface area contributed by atoms with Crippen molar-refractivity contribution in [2.75, 3.05) is 24.2 Å². The Bertz CT molecular complexity index is 1160. The molecule has 2 atom stereocenters. The molecule has 2 unspecified atom stereocenters. The van der Waals surface area contributed by atoms with Crippen LogP contribution in [0.5, 0.6) is 5.75 Å². The Morgan fingerprint density at radius 1 is 1.11 bits per heavy atom. The van der Waals surface area contributed by atoms with E-state index in [0.29, 0.717) is 27.8 Å². The van der Waals surface area contributed by atoms with Crippen molar-refractivity contribution in [1.29, 1.82) is 0 Å². The van der Waals surface area contributed by atoms with E-state index in [9.17, 15) is 18.0 Å². The molecule has 2 aromatic rings. The number of hydrogen-bond acceptors (Lipinski definition) is 5. The number of para-hydroxylation sites is 2. The van der Waals surface area contributed by atoms with Gasteiger partial charge in [-0.25, -0.2) is 8.42 Å².